The maximum Gasteiger partial charge on any atom is 0.320 e. The van der Waals surface area contributed by atoms with Crippen LogP contribution in [-0.4, -0.2) is 12.1 Å². The summed E-state index contributed by atoms with van der Waals surface area (Å²) in [5.74, 6) is 1.74. The molecule has 20 heavy (non-hydrogen) atoms. The lowest BCUT2D eigenvalue weighted by Gasteiger charge is -2.03. The number of carbonyl (C=O) groups excluding carboxylic acids is 2. The normalized spacial score (nSPS) is 8.80. The molecule has 0 spiro atoms. The summed E-state index contributed by atoms with van der Waals surface area (Å²) in [5.41, 5.74) is 8.88. The number of imide groups is 1. The van der Waals surface area contributed by atoms with Crippen molar-refractivity contribution >= 4 is 12.1 Å². The first kappa shape index (κ1) is 15.0. The maximum absolute atomic E-state index is 9.62. The van der Waals surface area contributed by atoms with E-state index < -0.39 is 12.1 Å². The van der Waals surface area contributed by atoms with E-state index in [0.29, 0.717) is 0 Å². The lowest BCUT2D eigenvalue weighted by Crippen LogP contribution is -2.38. The molecule has 0 heterocycles. The van der Waals surface area contributed by atoms with Crippen molar-refractivity contribution in [2.24, 2.45) is 11.5 Å². The molecule has 0 fully saturated rings. The molecule has 4 amide bonds. The molecule has 5 N–H and O–H groups in total. The van der Waals surface area contributed by atoms with Crippen LogP contribution in [-0.2, 0) is 0 Å². The molecule has 104 valence electrons. The van der Waals surface area contributed by atoms with Crippen LogP contribution in [0.3, 0.4) is 0 Å². The Morgan fingerprint density at radius 2 is 1.10 bits per heavy atom. The monoisotopic (exact) mass is 273 g/mol. The van der Waals surface area contributed by atoms with E-state index in [1.165, 1.54) is 0 Å². The number of amides is 4. The van der Waals surface area contributed by atoms with E-state index in [-0.39, 0.29) is 0 Å². The molecule has 0 aliphatic carbocycles. The fraction of sp³-hybridized carbons (Fsp3) is 0. The predicted octanol–water partition coefficient (Wildman–Crippen LogP) is 2.21. The smallest absolute Gasteiger partial charge is 0.320 e. The highest BCUT2D eigenvalue weighted by Gasteiger charge is 1.93. The molecule has 6 nitrogen and oxygen atoms in total. The summed E-state index contributed by atoms with van der Waals surface area (Å²) in [6, 6.07) is 17.6. The summed E-state index contributed by atoms with van der Waals surface area (Å²) in [4.78, 5) is 19.2. The Hall–Kier alpha value is -3.02. The highest BCUT2D eigenvalue weighted by atomic mass is 16.5. The summed E-state index contributed by atoms with van der Waals surface area (Å²) >= 11 is 0. The van der Waals surface area contributed by atoms with Gasteiger partial charge in [0, 0.05) is 0 Å². The quantitative estimate of drug-likeness (QED) is 0.780. The molecule has 2 rings (SSSR count). The van der Waals surface area contributed by atoms with Crippen LogP contribution in [0.5, 0.6) is 11.5 Å². The highest BCUT2D eigenvalue weighted by molar-refractivity contribution is 5.91. The molecule has 6 heteroatoms. The van der Waals surface area contributed by atoms with E-state index >= 15 is 0 Å². The van der Waals surface area contributed by atoms with Gasteiger partial charge in [0.2, 0.25) is 0 Å². The van der Waals surface area contributed by atoms with Gasteiger partial charge in [-0.15, -0.1) is 0 Å². The number of carbonyl (C=O) groups is 2. The molecule has 0 saturated carbocycles. The number of hydrogen-bond acceptors (Lipinski definition) is 3. The summed E-state index contributed by atoms with van der Waals surface area (Å²) in [7, 11) is 0. The Labute approximate surface area is 116 Å². The molecule has 0 aliphatic heterocycles. The van der Waals surface area contributed by atoms with E-state index in [4.69, 9.17) is 4.74 Å². The Kier molecular flexibility index (Phi) is 6.13. The summed E-state index contributed by atoms with van der Waals surface area (Å²) in [6.07, 6.45) is 0. The zero-order chi connectivity index (χ0) is 14.8. The second-order valence-electron chi connectivity index (χ2n) is 3.58. The number of nitrogens with one attached hydrogen (secondary N) is 1. The first-order chi connectivity index (χ1) is 9.58. The average molecular weight is 273 g/mol. The van der Waals surface area contributed by atoms with Gasteiger partial charge in [0.1, 0.15) is 11.5 Å². The Bertz CT molecular complexity index is 495. The number of primary amides is 2. The van der Waals surface area contributed by atoms with Crippen molar-refractivity contribution in [3.8, 4) is 11.5 Å². The van der Waals surface area contributed by atoms with Crippen LogP contribution in [0.4, 0.5) is 9.59 Å². The SMILES string of the molecule is NC(=O)NC(N)=O.c1ccc(Oc2ccccc2)cc1. The molecule has 0 aliphatic rings. The number of hydrogen-bond donors (Lipinski definition) is 3. The molecular weight excluding hydrogens is 258 g/mol. The van der Waals surface area contributed by atoms with Gasteiger partial charge in [-0.1, -0.05) is 36.4 Å². The van der Waals surface area contributed by atoms with Crippen molar-refractivity contribution in [3.63, 3.8) is 0 Å². The lowest BCUT2D eigenvalue weighted by molar-refractivity contribution is 0.236. The van der Waals surface area contributed by atoms with Crippen LogP contribution in [0, 0.1) is 0 Å². The van der Waals surface area contributed by atoms with Gasteiger partial charge in [0.05, 0.1) is 0 Å². The molecule has 0 saturated heterocycles. The van der Waals surface area contributed by atoms with E-state index in [1.807, 2.05) is 60.7 Å². The van der Waals surface area contributed by atoms with E-state index in [1.54, 1.807) is 5.32 Å². The minimum atomic E-state index is -0.938. The van der Waals surface area contributed by atoms with Gasteiger partial charge in [-0.25, -0.2) is 9.59 Å². The van der Waals surface area contributed by atoms with Gasteiger partial charge in [-0.05, 0) is 24.3 Å². The number of urea groups is 2. The summed E-state index contributed by atoms with van der Waals surface area (Å²) in [5, 5.41) is 1.58. The minimum absolute atomic E-state index is 0.869. The second-order valence-corrected chi connectivity index (χ2v) is 3.58. The van der Waals surface area contributed by atoms with Gasteiger partial charge in [-0.2, -0.15) is 0 Å². The minimum Gasteiger partial charge on any atom is -0.457 e. The summed E-state index contributed by atoms with van der Waals surface area (Å²) in [6.45, 7) is 0. The van der Waals surface area contributed by atoms with Crippen LogP contribution in [0.2, 0.25) is 0 Å². The largest absolute Gasteiger partial charge is 0.457 e. The Balaban J connectivity index is 0.000000246. The molecule has 0 radical (unpaired) electrons. The molecular formula is C14H15N3O3. The number of nitrogens with two attached hydrogens (primary N) is 2. The number of para-hydroxylation sites is 2. The van der Waals surface area contributed by atoms with Gasteiger partial charge < -0.3 is 16.2 Å². The standard InChI is InChI=1S/C12H10O.C2H5N3O2/c1-3-7-11(8-4-1)13-12-9-5-2-6-10-12;3-1(6)5-2(4)7/h1-10H;(H5,3,4,5,6,7). The molecule has 0 aromatic heterocycles. The topological polar surface area (TPSA) is 107 Å². The first-order valence-electron chi connectivity index (χ1n) is 5.72. The van der Waals surface area contributed by atoms with Crippen LogP contribution < -0.4 is 21.5 Å². The third-order valence-corrected chi connectivity index (χ3v) is 1.97. The first-order valence-corrected chi connectivity index (χ1v) is 5.72. The molecule has 0 unspecified atom stereocenters. The Morgan fingerprint density at radius 1 is 0.750 bits per heavy atom. The van der Waals surface area contributed by atoms with Gasteiger partial charge in [0.15, 0.2) is 0 Å². The van der Waals surface area contributed by atoms with E-state index in [0.717, 1.165) is 11.5 Å². The predicted molar refractivity (Wildman–Crippen MR) is 75.3 cm³/mol. The van der Waals surface area contributed by atoms with Crippen LogP contribution in [0.1, 0.15) is 0 Å². The molecule has 2 aromatic rings. The number of rotatable bonds is 2. The van der Waals surface area contributed by atoms with Crippen LogP contribution in [0.15, 0.2) is 60.7 Å². The van der Waals surface area contributed by atoms with Crippen molar-refractivity contribution in [2.75, 3.05) is 0 Å². The van der Waals surface area contributed by atoms with E-state index in [9.17, 15) is 9.59 Å². The number of ether oxygens (including phenoxy) is 1. The summed E-state index contributed by atoms with van der Waals surface area (Å²) < 4.78 is 5.58. The van der Waals surface area contributed by atoms with E-state index in [2.05, 4.69) is 11.5 Å². The second kappa shape index (κ2) is 8.15. The van der Waals surface area contributed by atoms with Crippen LogP contribution >= 0.6 is 0 Å². The van der Waals surface area contributed by atoms with Crippen molar-refractivity contribution in [1.29, 1.82) is 0 Å². The fourth-order valence-electron chi connectivity index (χ4n) is 1.23. The van der Waals surface area contributed by atoms with Gasteiger partial charge >= 0.3 is 12.1 Å². The highest BCUT2D eigenvalue weighted by Crippen LogP contribution is 2.19. The number of benzene rings is 2. The van der Waals surface area contributed by atoms with Crippen molar-refractivity contribution in [1.82, 2.24) is 5.32 Å². The average Bonchev–Trinajstić information content (AvgIpc) is 2.40. The zero-order valence-corrected chi connectivity index (χ0v) is 10.7. The van der Waals surface area contributed by atoms with Crippen molar-refractivity contribution in [2.45, 2.75) is 0 Å². The third kappa shape index (κ3) is 6.65. The molecule has 0 bridgehead atoms. The van der Waals surface area contributed by atoms with Crippen molar-refractivity contribution < 1.29 is 14.3 Å². The van der Waals surface area contributed by atoms with Gasteiger partial charge in [-0.3, -0.25) is 5.32 Å². The third-order valence-electron chi connectivity index (χ3n) is 1.97. The molecule has 0 atom stereocenters. The zero-order valence-electron chi connectivity index (χ0n) is 10.7. The van der Waals surface area contributed by atoms with Crippen LogP contribution in [0.25, 0.3) is 0 Å². The van der Waals surface area contributed by atoms with Crippen molar-refractivity contribution in [3.05, 3.63) is 60.7 Å². The maximum atomic E-state index is 9.62. The van der Waals surface area contributed by atoms with Gasteiger partial charge in [0.25, 0.3) is 0 Å². The fourth-order valence-corrected chi connectivity index (χ4v) is 1.23. The molecule has 2 aromatic carbocycles. The lowest BCUT2D eigenvalue weighted by atomic mass is 10.3. The Morgan fingerprint density at radius 3 is 1.35 bits per heavy atom.